The number of halogens is 1. The lowest BCUT2D eigenvalue weighted by Crippen LogP contribution is -2.26. The third-order valence-electron chi connectivity index (χ3n) is 6.99. The highest BCUT2D eigenvalue weighted by molar-refractivity contribution is 5.85. The van der Waals surface area contributed by atoms with Gasteiger partial charge in [0.1, 0.15) is 5.82 Å². The van der Waals surface area contributed by atoms with Crippen LogP contribution in [0.4, 0.5) is 4.39 Å². The summed E-state index contributed by atoms with van der Waals surface area (Å²) in [7, 11) is 4.09. The maximum atomic E-state index is 13.3. The molecule has 0 aromatic heterocycles. The number of nitrogens with zero attached hydrogens (tertiary/aromatic N) is 5. The minimum Gasteiger partial charge on any atom is -0.375 e. The van der Waals surface area contributed by atoms with E-state index in [9.17, 15) is 4.39 Å². The quantitative estimate of drug-likeness (QED) is 0.228. The van der Waals surface area contributed by atoms with Crippen molar-refractivity contribution in [1.29, 1.82) is 5.26 Å². The van der Waals surface area contributed by atoms with Crippen LogP contribution in [0.15, 0.2) is 94.7 Å². The first-order valence-corrected chi connectivity index (χ1v) is 15.9. The van der Waals surface area contributed by atoms with Crippen molar-refractivity contribution in [1.82, 2.24) is 9.80 Å². The third-order valence-corrected chi connectivity index (χ3v) is 6.99. The van der Waals surface area contributed by atoms with Gasteiger partial charge in [-0.3, -0.25) is 14.9 Å². The average molecular weight is 600 g/mol. The fourth-order valence-corrected chi connectivity index (χ4v) is 4.50. The summed E-state index contributed by atoms with van der Waals surface area (Å²) in [5, 5.41) is 9.16. The van der Waals surface area contributed by atoms with Gasteiger partial charge in [0.15, 0.2) is 0 Å². The lowest BCUT2D eigenvalue weighted by Gasteiger charge is -2.28. The number of nitriles is 1. The molecule has 0 spiro atoms. The molecule has 238 valence electrons. The summed E-state index contributed by atoms with van der Waals surface area (Å²) in [6.07, 6.45) is 14.2. The van der Waals surface area contributed by atoms with Gasteiger partial charge < -0.3 is 4.90 Å². The molecule has 1 aliphatic rings. The van der Waals surface area contributed by atoms with Crippen LogP contribution in [0, 0.1) is 17.1 Å². The van der Waals surface area contributed by atoms with Gasteiger partial charge in [-0.25, -0.2) is 4.39 Å². The smallest absolute Gasteiger partial charge is 0.123 e. The number of likely N-dealkylation sites (N-methyl/N-ethyl adjacent to an activating group) is 1. The SMILES string of the molecule is C=C(Cc1cccc(C#N)c1)N(CCCC)CC/C(C)=C/C(c1ccc(F)cc1)N(C)C.CC.CC1=N/C=C\CCC=NC1. The summed E-state index contributed by atoms with van der Waals surface area (Å²) in [5.41, 5.74) is 6.35. The molecule has 0 radical (unpaired) electrons. The molecule has 44 heavy (non-hydrogen) atoms. The van der Waals surface area contributed by atoms with Gasteiger partial charge in [-0.15, -0.1) is 0 Å². The number of rotatable bonds is 12. The van der Waals surface area contributed by atoms with Crippen LogP contribution in [0.25, 0.3) is 0 Å². The molecule has 0 saturated carbocycles. The second kappa shape index (κ2) is 22.7. The number of allylic oxidation sites excluding steroid dienone is 2. The van der Waals surface area contributed by atoms with Crippen LogP contribution in [-0.4, -0.2) is 55.5 Å². The van der Waals surface area contributed by atoms with E-state index in [1.807, 2.05) is 77.6 Å². The highest BCUT2D eigenvalue weighted by Gasteiger charge is 2.13. The van der Waals surface area contributed by atoms with Crippen molar-refractivity contribution in [3.63, 3.8) is 0 Å². The molecule has 0 amide bonds. The Hall–Kier alpha value is -3.82. The Kier molecular flexibility index (Phi) is 19.7. The van der Waals surface area contributed by atoms with Crippen LogP contribution < -0.4 is 0 Å². The molecular weight excluding hydrogens is 545 g/mol. The molecule has 1 atom stereocenters. The number of unbranched alkanes of at least 4 members (excludes halogenated alkanes) is 1. The van der Waals surface area contributed by atoms with Crippen LogP contribution in [0.3, 0.4) is 0 Å². The second-order valence-corrected chi connectivity index (χ2v) is 11.0. The molecular formula is C38H54FN5. The molecule has 0 bridgehead atoms. The first-order valence-electron chi connectivity index (χ1n) is 15.9. The maximum absolute atomic E-state index is 13.3. The minimum atomic E-state index is -0.211. The minimum absolute atomic E-state index is 0.108. The Balaban J connectivity index is 0.000000675. The molecule has 6 heteroatoms. The van der Waals surface area contributed by atoms with Crippen LogP contribution in [0.2, 0.25) is 0 Å². The van der Waals surface area contributed by atoms with Gasteiger partial charge in [0.05, 0.1) is 24.2 Å². The van der Waals surface area contributed by atoms with Crippen LogP contribution in [0.1, 0.15) is 89.5 Å². The highest BCUT2D eigenvalue weighted by atomic mass is 19.1. The average Bonchev–Trinajstić information content (AvgIpc) is 3.15. The van der Waals surface area contributed by atoms with Crippen LogP contribution in [-0.2, 0) is 6.42 Å². The highest BCUT2D eigenvalue weighted by Crippen LogP contribution is 2.23. The molecule has 1 unspecified atom stereocenters. The topological polar surface area (TPSA) is 55.0 Å². The Morgan fingerprint density at radius 2 is 1.84 bits per heavy atom. The summed E-state index contributed by atoms with van der Waals surface area (Å²) in [6.45, 7) is 17.4. The van der Waals surface area contributed by atoms with E-state index in [-0.39, 0.29) is 11.9 Å². The number of hydrogen-bond acceptors (Lipinski definition) is 5. The van der Waals surface area contributed by atoms with Crippen molar-refractivity contribution in [3.05, 3.63) is 107 Å². The summed E-state index contributed by atoms with van der Waals surface area (Å²) in [6, 6.07) is 16.8. The monoisotopic (exact) mass is 599 g/mol. The molecule has 0 fully saturated rings. The lowest BCUT2D eigenvalue weighted by atomic mass is 10.0. The molecule has 0 saturated heterocycles. The number of benzene rings is 2. The van der Waals surface area contributed by atoms with E-state index in [0.717, 1.165) is 80.7 Å². The van der Waals surface area contributed by atoms with Crippen molar-refractivity contribution in [2.45, 2.75) is 79.2 Å². The van der Waals surface area contributed by atoms with Crippen molar-refractivity contribution in [2.75, 3.05) is 33.7 Å². The van der Waals surface area contributed by atoms with Crippen LogP contribution >= 0.6 is 0 Å². The van der Waals surface area contributed by atoms with Gasteiger partial charge in [-0.1, -0.05) is 75.8 Å². The Bertz CT molecular complexity index is 1260. The van der Waals surface area contributed by atoms with E-state index in [2.05, 4.69) is 64.5 Å². The molecule has 1 heterocycles. The summed E-state index contributed by atoms with van der Waals surface area (Å²) >= 11 is 0. The zero-order valence-electron chi connectivity index (χ0n) is 28.2. The van der Waals surface area contributed by atoms with Gasteiger partial charge >= 0.3 is 0 Å². The Morgan fingerprint density at radius 1 is 1.11 bits per heavy atom. The number of aliphatic imine (C=N–C) groups is 2. The standard InChI is InChI=1S/C28H36FN3.C8H12N2.C2H6/c1-6-7-16-32(23(3)19-24-9-8-10-25(20-24)21-30)17-15-22(2)18-28(31(4)5)26-11-13-27(29)14-12-26;1-8-7-9-5-3-2-4-6-10-8;1-2/h8-14,18,20,28H,3,6-7,15-17,19H2,1-2,4-5H3;4-6H,2-3,7H2,1H3;1-2H3/b22-18+;6-4-,9-5?,10-8?;. The molecule has 1 aliphatic heterocycles. The van der Waals surface area contributed by atoms with Crippen molar-refractivity contribution in [2.24, 2.45) is 9.98 Å². The summed E-state index contributed by atoms with van der Waals surface area (Å²) in [4.78, 5) is 12.9. The first kappa shape index (κ1) is 38.2. The first-order chi connectivity index (χ1) is 21.2. The predicted molar refractivity (Wildman–Crippen MR) is 188 cm³/mol. The van der Waals surface area contributed by atoms with Gasteiger partial charge in [0.25, 0.3) is 0 Å². The molecule has 2 aromatic carbocycles. The van der Waals surface area contributed by atoms with E-state index >= 15 is 0 Å². The van der Waals surface area contributed by atoms with Crippen molar-refractivity contribution in [3.8, 4) is 6.07 Å². The Morgan fingerprint density at radius 3 is 2.50 bits per heavy atom. The number of hydrogen-bond donors (Lipinski definition) is 0. The molecule has 0 aliphatic carbocycles. The van der Waals surface area contributed by atoms with Gasteiger partial charge in [-0.2, -0.15) is 5.26 Å². The zero-order valence-corrected chi connectivity index (χ0v) is 28.2. The summed E-state index contributed by atoms with van der Waals surface area (Å²) in [5.74, 6) is -0.211. The molecule has 2 aromatic rings. The van der Waals surface area contributed by atoms with E-state index in [1.54, 1.807) is 0 Å². The predicted octanol–water partition coefficient (Wildman–Crippen LogP) is 9.35. The maximum Gasteiger partial charge on any atom is 0.123 e. The Labute approximate surface area is 267 Å². The molecule has 5 nitrogen and oxygen atoms in total. The van der Waals surface area contributed by atoms with E-state index in [0.29, 0.717) is 5.56 Å². The third kappa shape index (κ3) is 15.6. The van der Waals surface area contributed by atoms with E-state index in [4.69, 9.17) is 5.26 Å². The fraction of sp³-hybridized carbons (Fsp3) is 0.447. The van der Waals surface area contributed by atoms with Gasteiger partial charge in [0.2, 0.25) is 0 Å². The van der Waals surface area contributed by atoms with Crippen molar-refractivity contribution < 1.29 is 4.39 Å². The zero-order chi connectivity index (χ0) is 32.7. The fourth-order valence-electron chi connectivity index (χ4n) is 4.50. The normalized spacial score (nSPS) is 14.3. The van der Waals surface area contributed by atoms with Crippen LogP contribution in [0.5, 0.6) is 0 Å². The molecule has 3 rings (SSSR count). The summed E-state index contributed by atoms with van der Waals surface area (Å²) < 4.78 is 13.3. The van der Waals surface area contributed by atoms with Gasteiger partial charge in [0, 0.05) is 37.1 Å². The van der Waals surface area contributed by atoms with Crippen molar-refractivity contribution >= 4 is 11.9 Å². The van der Waals surface area contributed by atoms with Gasteiger partial charge in [-0.05, 0) is 95.2 Å². The lowest BCUT2D eigenvalue weighted by molar-refractivity contribution is 0.331. The second-order valence-electron chi connectivity index (χ2n) is 11.0. The molecule has 0 N–H and O–H groups in total. The largest absolute Gasteiger partial charge is 0.375 e. The van der Waals surface area contributed by atoms with E-state index < -0.39 is 0 Å². The van der Waals surface area contributed by atoms with E-state index in [1.165, 1.54) is 17.7 Å².